The van der Waals surface area contributed by atoms with Gasteiger partial charge in [0.15, 0.2) is 10.9 Å². The second-order valence-corrected chi connectivity index (χ2v) is 18.7. The second kappa shape index (κ2) is 19.1. The molecule has 2 aromatic heterocycles. The van der Waals surface area contributed by atoms with Crippen LogP contribution < -0.4 is 26.8 Å². The molecule has 5 N–H and O–H groups in total. The highest BCUT2D eigenvalue weighted by molar-refractivity contribution is 6.02. The first-order valence-electron chi connectivity index (χ1n) is 22.5. The number of H-pyrrole nitrogens is 2. The number of amides is 4. The van der Waals surface area contributed by atoms with Crippen LogP contribution in [0.3, 0.4) is 0 Å². The third-order valence-corrected chi connectivity index (χ3v) is 13.9. The predicted octanol–water partition coefficient (Wildman–Crippen LogP) is 2.44. The number of imide groups is 1. The van der Waals surface area contributed by atoms with Crippen LogP contribution in [0.4, 0.5) is 0 Å². The van der Waals surface area contributed by atoms with Crippen LogP contribution in [0.25, 0.3) is 21.8 Å². The minimum Gasteiger partial charge on any atom is -0.457 e. The summed E-state index contributed by atoms with van der Waals surface area (Å²) in [5.41, 5.74) is 0.109. The highest BCUT2D eigenvalue weighted by Gasteiger charge is 2.62. The lowest BCUT2D eigenvalue weighted by Gasteiger charge is -2.36. The monoisotopic (exact) mass is 891 g/mol. The molecule has 8 rings (SSSR count). The smallest absolute Gasteiger partial charge is 0.355 e. The van der Waals surface area contributed by atoms with Crippen molar-refractivity contribution in [3.05, 3.63) is 92.5 Å². The number of carbonyl (C=O) groups is 6. The normalized spacial score (nSPS) is 26.4. The van der Waals surface area contributed by atoms with Crippen LogP contribution in [0.5, 0.6) is 0 Å². The van der Waals surface area contributed by atoms with Gasteiger partial charge in [-0.2, -0.15) is 0 Å². The van der Waals surface area contributed by atoms with E-state index in [-0.39, 0.29) is 45.9 Å². The van der Waals surface area contributed by atoms with Crippen LogP contribution in [0, 0.1) is 47.3 Å². The zero-order chi connectivity index (χ0) is 46.1. The SMILES string of the molecule is CN(C)CCCNC(=O)C1C2CC(OC(=O)c3cc(=O)c4ccccc4[nH]3)C(C2)C1C(=O)NC(=O)C1C2CC(CC2OC(=O)c2cc(=O)c3ccccc3[nH]2)C1C(=O)NCCCN(C)C. The summed E-state index contributed by atoms with van der Waals surface area (Å²) < 4.78 is 12.0. The molecule has 4 aromatic rings. The first-order chi connectivity index (χ1) is 31.2. The molecule has 4 aliphatic carbocycles. The van der Waals surface area contributed by atoms with Crippen molar-refractivity contribution in [1.82, 2.24) is 35.7 Å². The van der Waals surface area contributed by atoms with Gasteiger partial charge in [-0.25, -0.2) is 9.59 Å². The lowest BCUT2D eigenvalue weighted by molar-refractivity contribution is -0.147. The van der Waals surface area contributed by atoms with E-state index in [0.29, 0.717) is 73.4 Å². The summed E-state index contributed by atoms with van der Waals surface area (Å²) in [5.74, 6) is -9.37. The van der Waals surface area contributed by atoms with E-state index in [2.05, 4.69) is 25.9 Å². The molecule has 0 radical (unpaired) electrons. The minimum absolute atomic E-state index is 0.0487. The van der Waals surface area contributed by atoms with Crippen LogP contribution in [-0.2, 0) is 28.7 Å². The number of aromatic nitrogens is 2. The summed E-state index contributed by atoms with van der Waals surface area (Å²) in [6, 6.07) is 15.9. The third kappa shape index (κ3) is 9.48. The number of pyridine rings is 2. The molecule has 17 nitrogen and oxygen atoms in total. The number of nitrogens with one attached hydrogen (secondary N) is 5. The molecule has 17 heteroatoms. The second-order valence-electron chi connectivity index (χ2n) is 18.7. The number of hydrogen-bond donors (Lipinski definition) is 5. The fourth-order valence-electron chi connectivity index (χ4n) is 11.1. The highest BCUT2D eigenvalue weighted by Crippen LogP contribution is 2.55. The van der Waals surface area contributed by atoms with E-state index >= 15 is 0 Å². The molecule has 2 aromatic carbocycles. The number of rotatable bonds is 16. The maximum absolute atomic E-state index is 14.6. The van der Waals surface area contributed by atoms with Gasteiger partial charge >= 0.3 is 11.9 Å². The first kappa shape index (κ1) is 45.4. The molecule has 0 spiro atoms. The Kier molecular flexibility index (Phi) is 13.3. The van der Waals surface area contributed by atoms with Gasteiger partial charge in [0.1, 0.15) is 23.6 Å². The first-order valence-corrected chi connectivity index (χ1v) is 22.5. The molecule has 0 saturated heterocycles. The van der Waals surface area contributed by atoms with E-state index in [9.17, 15) is 38.4 Å². The molecule has 344 valence electrons. The van der Waals surface area contributed by atoms with Gasteiger partial charge in [0.05, 0.1) is 23.7 Å². The van der Waals surface area contributed by atoms with Gasteiger partial charge in [-0.05, 0) is 116 Å². The number of hydrogen-bond acceptors (Lipinski definition) is 12. The highest BCUT2D eigenvalue weighted by atomic mass is 16.5. The van der Waals surface area contributed by atoms with Crippen molar-refractivity contribution >= 4 is 57.4 Å². The van der Waals surface area contributed by atoms with Crippen molar-refractivity contribution in [2.24, 2.45) is 47.3 Å². The molecule has 4 amide bonds. The van der Waals surface area contributed by atoms with Gasteiger partial charge in [-0.3, -0.25) is 34.1 Å². The van der Waals surface area contributed by atoms with Crippen LogP contribution in [0.2, 0.25) is 0 Å². The van der Waals surface area contributed by atoms with Crippen molar-refractivity contribution in [2.75, 3.05) is 54.4 Å². The van der Waals surface area contributed by atoms with Crippen LogP contribution >= 0.6 is 0 Å². The number of nitrogens with zero attached hydrogens (tertiary/aromatic N) is 2. The maximum atomic E-state index is 14.6. The number of fused-ring (bicyclic) bond motifs is 6. The van der Waals surface area contributed by atoms with Gasteiger partial charge < -0.3 is 39.9 Å². The van der Waals surface area contributed by atoms with Gasteiger partial charge in [-0.1, -0.05) is 24.3 Å². The van der Waals surface area contributed by atoms with Gasteiger partial charge in [-0.15, -0.1) is 0 Å². The Morgan fingerprint density at radius 1 is 0.569 bits per heavy atom. The number of aromatic amines is 2. The molecule has 65 heavy (non-hydrogen) atoms. The molecule has 4 bridgehead atoms. The van der Waals surface area contributed by atoms with Crippen molar-refractivity contribution < 1.29 is 38.2 Å². The molecule has 10 atom stereocenters. The minimum atomic E-state index is -1.06. The number of ether oxygens (including phenoxy) is 2. The van der Waals surface area contributed by atoms with Crippen molar-refractivity contribution in [3.8, 4) is 0 Å². The van der Waals surface area contributed by atoms with Crippen LogP contribution in [-0.4, -0.2) is 122 Å². The van der Waals surface area contributed by atoms with E-state index in [1.54, 1.807) is 48.5 Å². The van der Waals surface area contributed by atoms with E-state index in [0.717, 1.165) is 13.1 Å². The third-order valence-electron chi connectivity index (χ3n) is 13.9. The van der Waals surface area contributed by atoms with Crippen LogP contribution in [0.1, 0.15) is 59.5 Å². The fraction of sp³-hybridized carbons (Fsp3) is 0.500. The zero-order valence-electron chi connectivity index (χ0n) is 37.1. The van der Waals surface area contributed by atoms with Gasteiger partial charge in [0.2, 0.25) is 23.6 Å². The molecular weight excluding hydrogens is 835 g/mol. The average Bonchev–Trinajstić information content (AvgIpc) is 4.06. The Labute approximate surface area is 375 Å². The van der Waals surface area contributed by atoms with E-state index < -0.39 is 71.5 Å². The molecule has 4 aliphatic rings. The summed E-state index contributed by atoms with van der Waals surface area (Å²) in [5, 5.41) is 9.40. The summed E-state index contributed by atoms with van der Waals surface area (Å²) in [4.78, 5) is 120. The van der Waals surface area contributed by atoms with Gasteiger partial charge in [0.25, 0.3) is 0 Å². The number of esters is 2. The summed E-state index contributed by atoms with van der Waals surface area (Å²) in [7, 11) is 7.72. The predicted molar refractivity (Wildman–Crippen MR) is 239 cm³/mol. The Bertz CT molecular complexity index is 2450. The Balaban J connectivity index is 1.03. The summed E-state index contributed by atoms with van der Waals surface area (Å²) in [6.07, 6.45) is 1.14. The van der Waals surface area contributed by atoms with Gasteiger partial charge in [0, 0.05) is 58.9 Å². The molecule has 10 unspecified atom stereocenters. The molecule has 4 fully saturated rings. The molecule has 0 aliphatic heterocycles. The Hall–Kier alpha value is -6.20. The standard InChI is InChI=1S/C48H57N7O10/c1-54(2)17-9-15-49-43(58)39-25-19-29(37(21-25)64-47(62)33-23-35(56)27-11-5-7-13-31(27)51-33)41(39)45(60)53-46(61)42-30-20-26(40(42)44(59)50-16-10-18-55(3)4)22-38(30)65-48(63)34-24-36(57)28-12-6-8-14-32(28)52-34/h5-8,11-14,23-26,29-30,37-42H,9-10,15-22H2,1-4H3,(H,49,58)(H,50,59)(H,51,56)(H,52,57)(H,53,60,61). The van der Waals surface area contributed by atoms with Crippen molar-refractivity contribution in [2.45, 2.75) is 50.7 Å². The number of carbonyl (C=O) groups excluding carboxylic acids is 6. The van der Waals surface area contributed by atoms with Crippen molar-refractivity contribution in [3.63, 3.8) is 0 Å². The largest absolute Gasteiger partial charge is 0.457 e. The number of para-hydroxylation sites is 2. The maximum Gasteiger partial charge on any atom is 0.355 e. The molecular formula is C48H57N7O10. The Morgan fingerprint density at radius 2 is 0.969 bits per heavy atom. The number of benzene rings is 2. The van der Waals surface area contributed by atoms with Crippen LogP contribution in [0.15, 0.2) is 70.3 Å². The van der Waals surface area contributed by atoms with E-state index in [1.165, 1.54) is 12.1 Å². The lowest BCUT2D eigenvalue weighted by Crippen LogP contribution is -2.53. The lowest BCUT2D eigenvalue weighted by atomic mass is 9.75. The quantitative estimate of drug-likeness (QED) is 0.0621. The average molecular weight is 892 g/mol. The van der Waals surface area contributed by atoms with E-state index in [1.807, 2.05) is 38.0 Å². The molecule has 4 saturated carbocycles. The summed E-state index contributed by atoms with van der Waals surface area (Å²) >= 11 is 0. The molecule has 2 heterocycles. The van der Waals surface area contributed by atoms with Crippen molar-refractivity contribution in [1.29, 1.82) is 0 Å². The topological polar surface area (TPSA) is 229 Å². The zero-order valence-corrected chi connectivity index (χ0v) is 37.1. The fourth-order valence-corrected chi connectivity index (χ4v) is 11.1. The Morgan fingerprint density at radius 3 is 1.37 bits per heavy atom. The summed E-state index contributed by atoms with van der Waals surface area (Å²) in [6.45, 7) is 2.20. The van der Waals surface area contributed by atoms with E-state index in [4.69, 9.17) is 9.47 Å².